The molecule has 2 rings (SSSR count). The maximum absolute atomic E-state index is 12.9. The van der Waals surface area contributed by atoms with Gasteiger partial charge in [-0.05, 0) is 62.4 Å². The van der Waals surface area contributed by atoms with Crippen LogP contribution in [0.2, 0.25) is 0 Å². The molecule has 0 spiro atoms. The Bertz CT molecular complexity index is 912. The van der Waals surface area contributed by atoms with Gasteiger partial charge in [0.05, 0.1) is 23.1 Å². The molecular formula is C18H19FN2O5S. The second kappa shape index (κ2) is 8.74. The van der Waals surface area contributed by atoms with Crippen LogP contribution in [-0.4, -0.2) is 32.9 Å². The lowest BCUT2D eigenvalue weighted by molar-refractivity contribution is -0.117. The fraction of sp³-hybridized carbons (Fsp3) is 0.222. The minimum Gasteiger partial charge on any atom is -0.462 e. The van der Waals surface area contributed by atoms with Crippen LogP contribution in [0.4, 0.5) is 10.1 Å². The van der Waals surface area contributed by atoms with Gasteiger partial charge in [-0.1, -0.05) is 0 Å². The van der Waals surface area contributed by atoms with E-state index in [9.17, 15) is 22.4 Å². The van der Waals surface area contributed by atoms with Gasteiger partial charge in [0, 0.05) is 5.69 Å². The van der Waals surface area contributed by atoms with E-state index in [-0.39, 0.29) is 11.5 Å². The molecule has 0 aliphatic heterocycles. The van der Waals surface area contributed by atoms with Crippen molar-refractivity contribution in [3.05, 3.63) is 59.9 Å². The molecule has 144 valence electrons. The molecule has 2 N–H and O–H groups in total. The molecule has 2 aromatic carbocycles. The fourth-order valence-electron chi connectivity index (χ4n) is 2.12. The van der Waals surface area contributed by atoms with Crippen molar-refractivity contribution in [2.75, 3.05) is 11.9 Å². The average Bonchev–Trinajstić information content (AvgIpc) is 2.62. The molecule has 27 heavy (non-hydrogen) atoms. The normalized spacial score (nSPS) is 12.3. The van der Waals surface area contributed by atoms with Crippen molar-refractivity contribution in [2.45, 2.75) is 24.8 Å². The lowest BCUT2D eigenvalue weighted by Crippen LogP contribution is -2.41. The van der Waals surface area contributed by atoms with Crippen LogP contribution in [0.5, 0.6) is 0 Å². The van der Waals surface area contributed by atoms with Crippen molar-refractivity contribution in [1.29, 1.82) is 0 Å². The minimum atomic E-state index is -3.98. The van der Waals surface area contributed by atoms with E-state index in [4.69, 9.17) is 4.74 Å². The Morgan fingerprint density at radius 2 is 1.67 bits per heavy atom. The lowest BCUT2D eigenvalue weighted by Gasteiger charge is -2.14. The summed E-state index contributed by atoms with van der Waals surface area (Å²) in [4.78, 5) is 23.6. The van der Waals surface area contributed by atoms with Gasteiger partial charge in [0.1, 0.15) is 5.82 Å². The molecule has 0 radical (unpaired) electrons. The molecule has 2 aromatic rings. The molecule has 0 heterocycles. The van der Waals surface area contributed by atoms with Gasteiger partial charge in [-0.25, -0.2) is 17.6 Å². The smallest absolute Gasteiger partial charge is 0.338 e. The zero-order valence-corrected chi connectivity index (χ0v) is 15.5. The number of hydrogen-bond donors (Lipinski definition) is 2. The van der Waals surface area contributed by atoms with Gasteiger partial charge in [-0.2, -0.15) is 4.72 Å². The maximum atomic E-state index is 12.9. The summed E-state index contributed by atoms with van der Waals surface area (Å²) >= 11 is 0. The number of nitrogens with one attached hydrogen (secondary N) is 2. The molecular weight excluding hydrogens is 375 g/mol. The van der Waals surface area contributed by atoms with E-state index >= 15 is 0 Å². The van der Waals surface area contributed by atoms with Crippen LogP contribution in [0, 0.1) is 5.82 Å². The average molecular weight is 394 g/mol. The SMILES string of the molecule is CCOC(=O)c1ccc(NC(=O)[C@@H](C)NS(=O)(=O)c2ccc(F)cc2)cc1. The molecule has 0 aliphatic rings. The largest absolute Gasteiger partial charge is 0.462 e. The van der Waals surface area contributed by atoms with E-state index in [1.807, 2.05) is 0 Å². The predicted molar refractivity (Wildman–Crippen MR) is 97.2 cm³/mol. The van der Waals surface area contributed by atoms with Gasteiger partial charge >= 0.3 is 5.97 Å². The summed E-state index contributed by atoms with van der Waals surface area (Å²) in [6, 6.07) is 9.16. The first-order valence-corrected chi connectivity index (χ1v) is 9.57. The monoisotopic (exact) mass is 394 g/mol. The molecule has 0 aromatic heterocycles. The number of amides is 1. The van der Waals surface area contributed by atoms with Crippen LogP contribution in [0.3, 0.4) is 0 Å². The number of carbonyl (C=O) groups is 2. The Balaban J connectivity index is 2.01. The van der Waals surface area contributed by atoms with Crippen molar-refractivity contribution in [3.8, 4) is 0 Å². The zero-order chi connectivity index (χ0) is 20.0. The summed E-state index contributed by atoms with van der Waals surface area (Å²) in [6.07, 6.45) is 0. The molecule has 7 nitrogen and oxygen atoms in total. The first-order chi connectivity index (χ1) is 12.7. The quantitative estimate of drug-likeness (QED) is 0.702. The third kappa shape index (κ3) is 5.60. The molecule has 0 saturated carbocycles. The Morgan fingerprint density at radius 3 is 2.22 bits per heavy atom. The van der Waals surface area contributed by atoms with Crippen LogP contribution < -0.4 is 10.0 Å². The summed E-state index contributed by atoms with van der Waals surface area (Å²) in [5, 5.41) is 2.54. The number of benzene rings is 2. The zero-order valence-electron chi connectivity index (χ0n) is 14.7. The number of ether oxygens (including phenoxy) is 1. The van der Waals surface area contributed by atoms with Gasteiger partial charge < -0.3 is 10.1 Å². The van der Waals surface area contributed by atoms with Crippen LogP contribution in [-0.2, 0) is 19.6 Å². The summed E-state index contributed by atoms with van der Waals surface area (Å²) in [7, 11) is -3.98. The summed E-state index contributed by atoms with van der Waals surface area (Å²) in [5.74, 6) is -1.63. The van der Waals surface area contributed by atoms with Crippen molar-refractivity contribution >= 4 is 27.6 Å². The molecule has 0 saturated heterocycles. The number of carbonyl (C=O) groups excluding carboxylic acids is 2. The second-order valence-electron chi connectivity index (χ2n) is 5.58. The van der Waals surface area contributed by atoms with Crippen molar-refractivity contribution in [2.24, 2.45) is 0 Å². The van der Waals surface area contributed by atoms with E-state index in [1.165, 1.54) is 31.2 Å². The minimum absolute atomic E-state index is 0.151. The highest BCUT2D eigenvalue weighted by molar-refractivity contribution is 7.89. The fourth-order valence-corrected chi connectivity index (χ4v) is 3.33. The Labute approximate surface area is 156 Å². The van der Waals surface area contributed by atoms with Gasteiger partial charge in [0.15, 0.2) is 0 Å². The van der Waals surface area contributed by atoms with E-state index in [0.717, 1.165) is 24.3 Å². The van der Waals surface area contributed by atoms with Crippen LogP contribution in [0.25, 0.3) is 0 Å². The number of sulfonamides is 1. The lowest BCUT2D eigenvalue weighted by atomic mass is 10.2. The standard InChI is InChI=1S/C18H19FN2O5S/c1-3-26-18(23)13-4-8-15(9-5-13)20-17(22)12(2)21-27(24,25)16-10-6-14(19)7-11-16/h4-12,21H,3H2,1-2H3,(H,20,22)/t12-/m1/s1. The molecule has 1 amide bonds. The Hall–Kier alpha value is -2.78. The Kier molecular flexibility index (Phi) is 6.65. The van der Waals surface area contributed by atoms with Gasteiger partial charge in [-0.3, -0.25) is 4.79 Å². The van der Waals surface area contributed by atoms with E-state index in [1.54, 1.807) is 6.92 Å². The molecule has 0 bridgehead atoms. The van der Waals surface area contributed by atoms with Crippen LogP contribution >= 0.6 is 0 Å². The molecule has 0 aliphatic carbocycles. The first kappa shape index (κ1) is 20.5. The third-order valence-electron chi connectivity index (χ3n) is 3.51. The van der Waals surface area contributed by atoms with Crippen molar-refractivity contribution in [3.63, 3.8) is 0 Å². The van der Waals surface area contributed by atoms with Gasteiger partial charge in [-0.15, -0.1) is 0 Å². The van der Waals surface area contributed by atoms with Gasteiger partial charge in [0.25, 0.3) is 0 Å². The topological polar surface area (TPSA) is 102 Å². The van der Waals surface area contributed by atoms with E-state index < -0.39 is 33.8 Å². The highest BCUT2D eigenvalue weighted by atomic mass is 32.2. The Morgan fingerprint density at radius 1 is 1.07 bits per heavy atom. The number of esters is 1. The van der Waals surface area contributed by atoms with E-state index in [2.05, 4.69) is 10.0 Å². The molecule has 1 atom stereocenters. The maximum Gasteiger partial charge on any atom is 0.338 e. The molecule has 9 heteroatoms. The second-order valence-corrected chi connectivity index (χ2v) is 7.30. The number of halogens is 1. The number of rotatable bonds is 7. The number of anilines is 1. The highest BCUT2D eigenvalue weighted by Gasteiger charge is 2.22. The van der Waals surface area contributed by atoms with Crippen molar-refractivity contribution in [1.82, 2.24) is 4.72 Å². The summed E-state index contributed by atoms with van der Waals surface area (Å²) in [5.41, 5.74) is 0.723. The van der Waals surface area contributed by atoms with Crippen LogP contribution in [0.15, 0.2) is 53.4 Å². The van der Waals surface area contributed by atoms with Crippen LogP contribution in [0.1, 0.15) is 24.2 Å². The van der Waals surface area contributed by atoms with Gasteiger partial charge in [0.2, 0.25) is 15.9 Å². The number of hydrogen-bond acceptors (Lipinski definition) is 5. The first-order valence-electron chi connectivity index (χ1n) is 8.09. The molecule has 0 unspecified atom stereocenters. The highest BCUT2D eigenvalue weighted by Crippen LogP contribution is 2.13. The summed E-state index contributed by atoms with van der Waals surface area (Å²) < 4.78 is 44.5. The van der Waals surface area contributed by atoms with E-state index in [0.29, 0.717) is 11.3 Å². The summed E-state index contributed by atoms with van der Waals surface area (Å²) in [6.45, 7) is 3.33. The van der Waals surface area contributed by atoms with Crippen molar-refractivity contribution < 1.29 is 27.1 Å². The predicted octanol–water partition coefficient (Wildman–Crippen LogP) is 2.31. The molecule has 0 fully saturated rings. The third-order valence-corrected chi connectivity index (χ3v) is 5.07.